The zero-order valence-corrected chi connectivity index (χ0v) is 12.6. The van der Waals surface area contributed by atoms with Gasteiger partial charge in [-0.3, -0.25) is 4.79 Å². The molecule has 0 saturated heterocycles. The lowest BCUT2D eigenvalue weighted by Crippen LogP contribution is -2.14. The largest absolute Gasteiger partial charge is 0.322 e. The summed E-state index contributed by atoms with van der Waals surface area (Å²) in [7, 11) is 0. The molecule has 2 rings (SSSR count). The van der Waals surface area contributed by atoms with Gasteiger partial charge in [0.1, 0.15) is 5.15 Å². The van der Waals surface area contributed by atoms with E-state index in [4.69, 9.17) is 11.6 Å². The number of nitrogens with zero attached hydrogens (tertiary/aromatic N) is 1. The SMILES string of the molecule is CCc1cc(C(=O)Nc2cccc(C)c2C)cc(Cl)n1. The summed E-state index contributed by atoms with van der Waals surface area (Å²) in [6.45, 7) is 5.98. The van der Waals surface area contributed by atoms with Crippen molar-refractivity contribution in [2.45, 2.75) is 27.2 Å². The highest BCUT2D eigenvalue weighted by molar-refractivity contribution is 6.29. The van der Waals surface area contributed by atoms with Crippen LogP contribution >= 0.6 is 11.6 Å². The Labute approximate surface area is 124 Å². The fraction of sp³-hybridized carbons (Fsp3) is 0.250. The van der Waals surface area contributed by atoms with Gasteiger partial charge < -0.3 is 5.32 Å². The molecule has 0 bridgehead atoms. The Morgan fingerprint density at radius 3 is 2.75 bits per heavy atom. The first-order valence-electron chi connectivity index (χ1n) is 6.55. The molecular formula is C16H17ClN2O. The number of benzene rings is 1. The maximum Gasteiger partial charge on any atom is 0.255 e. The molecule has 1 aromatic carbocycles. The molecule has 0 spiro atoms. The summed E-state index contributed by atoms with van der Waals surface area (Å²) < 4.78 is 0. The van der Waals surface area contributed by atoms with E-state index in [0.29, 0.717) is 10.7 Å². The molecule has 0 aliphatic carbocycles. The third-order valence-electron chi connectivity index (χ3n) is 3.32. The molecule has 0 unspecified atom stereocenters. The number of aryl methyl sites for hydroxylation is 2. The second-order valence-corrected chi connectivity index (χ2v) is 5.11. The van der Waals surface area contributed by atoms with Crippen molar-refractivity contribution in [1.82, 2.24) is 4.98 Å². The highest BCUT2D eigenvalue weighted by Crippen LogP contribution is 2.19. The van der Waals surface area contributed by atoms with Crippen molar-refractivity contribution >= 4 is 23.2 Å². The average molecular weight is 289 g/mol. The van der Waals surface area contributed by atoms with Crippen LogP contribution in [-0.2, 0) is 6.42 Å². The lowest BCUT2D eigenvalue weighted by molar-refractivity contribution is 0.102. The number of hydrogen-bond acceptors (Lipinski definition) is 2. The first-order chi connectivity index (χ1) is 9.51. The fourth-order valence-electron chi connectivity index (χ4n) is 1.94. The number of amides is 1. The van der Waals surface area contributed by atoms with Crippen molar-refractivity contribution in [3.05, 3.63) is 57.9 Å². The highest BCUT2D eigenvalue weighted by atomic mass is 35.5. The number of hydrogen-bond donors (Lipinski definition) is 1. The second-order valence-electron chi connectivity index (χ2n) is 4.73. The van der Waals surface area contributed by atoms with Crippen LogP contribution in [0.4, 0.5) is 5.69 Å². The maximum atomic E-state index is 12.3. The van der Waals surface area contributed by atoms with Gasteiger partial charge in [0.05, 0.1) is 0 Å². The van der Waals surface area contributed by atoms with E-state index in [2.05, 4.69) is 10.3 Å². The van der Waals surface area contributed by atoms with Crippen LogP contribution < -0.4 is 5.32 Å². The average Bonchev–Trinajstić information content (AvgIpc) is 2.43. The number of pyridine rings is 1. The highest BCUT2D eigenvalue weighted by Gasteiger charge is 2.11. The third kappa shape index (κ3) is 3.17. The van der Waals surface area contributed by atoms with E-state index in [1.54, 1.807) is 12.1 Å². The van der Waals surface area contributed by atoms with Crippen molar-refractivity contribution in [3.63, 3.8) is 0 Å². The Bertz CT molecular complexity index is 653. The Balaban J connectivity index is 2.28. The Hall–Kier alpha value is -1.87. The van der Waals surface area contributed by atoms with Crippen LogP contribution in [0, 0.1) is 13.8 Å². The molecule has 0 saturated carbocycles. The van der Waals surface area contributed by atoms with E-state index in [1.807, 2.05) is 39.0 Å². The van der Waals surface area contributed by atoms with Gasteiger partial charge in [-0.05, 0) is 49.6 Å². The molecular weight excluding hydrogens is 272 g/mol. The number of anilines is 1. The molecule has 0 radical (unpaired) electrons. The van der Waals surface area contributed by atoms with Crippen LogP contribution in [0.2, 0.25) is 5.15 Å². The number of rotatable bonds is 3. The molecule has 3 nitrogen and oxygen atoms in total. The van der Waals surface area contributed by atoms with Gasteiger partial charge in [0, 0.05) is 16.9 Å². The summed E-state index contributed by atoms with van der Waals surface area (Å²) in [4.78, 5) is 16.5. The van der Waals surface area contributed by atoms with Gasteiger partial charge in [-0.2, -0.15) is 0 Å². The van der Waals surface area contributed by atoms with Crippen molar-refractivity contribution in [3.8, 4) is 0 Å². The number of carbonyl (C=O) groups excluding carboxylic acids is 1. The minimum atomic E-state index is -0.169. The molecule has 104 valence electrons. The topological polar surface area (TPSA) is 42.0 Å². The smallest absolute Gasteiger partial charge is 0.255 e. The van der Waals surface area contributed by atoms with Crippen LogP contribution in [0.3, 0.4) is 0 Å². The number of aromatic nitrogens is 1. The first kappa shape index (κ1) is 14.5. The minimum absolute atomic E-state index is 0.169. The normalized spacial score (nSPS) is 10.4. The van der Waals surface area contributed by atoms with Crippen molar-refractivity contribution in [2.75, 3.05) is 5.32 Å². The Morgan fingerprint density at radius 1 is 1.30 bits per heavy atom. The van der Waals surface area contributed by atoms with Crippen LogP contribution in [0.15, 0.2) is 30.3 Å². The molecule has 1 aromatic heterocycles. The van der Waals surface area contributed by atoms with Crippen LogP contribution in [0.5, 0.6) is 0 Å². The van der Waals surface area contributed by atoms with E-state index in [0.717, 1.165) is 28.9 Å². The molecule has 1 heterocycles. The van der Waals surface area contributed by atoms with Gasteiger partial charge in [0.15, 0.2) is 0 Å². The monoisotopic (exact) mass is 288 g/mol. The zero-order valence-electron chi connectivity index (χ0n) is 11.8. The number of carbonyl (C=O) groups is 1. The third-order valence-corrected chi connectivity index (χ3v) is 3.52. The maximum absolute atomic E-state index is 12.3. The van der Waals surface area contributed by atoms with E-state index in [1.165, 1.54) is 0 Å². The molecule has 0 fully saturated rings. The van der Waals surface area contributed by atoms with Crippen LogP contribution in [0.1, 0.15) is 34.1 Å². The minimum Gasteiger partial charge on any atom is -0.322 e. The molecule has 1 amide bonds. The standard InChI is InChI=1S/C16H17ClN2O/c1-4-13-8-12(9-15(17)18-13)16(20)19-14-7-5-6-10(2)11(14)3/h5-9H,4H2,1-3H3,(H,19,20). The van der Waals surface area contributed by atoms with Crippen molar-refractivity contribution in [2.24, 2.45) is 0 Å². The van der Waals surface area contributed by atoms with Gasteiger partial charge in [0.25, 0.3) is 5.91 Å². The molecule has 1 N–H and O–H groups in total. The second kappa shape index (κ2) is 6.06. The quantitative estimate of drug-likeness (QED) is 0.862. The zero-order chi connectivity index (χ0) is 14.7. The molecule has 20 heavy (non-hydrogen) atoms. The van der Waals surface area contributed by atoms with E-state index in [9.17, 15) is 4.79 Å². The van der Waals surface area contributed by atoms with Gasteiger partial charge in [-0.15, -0.1) is 0 Å². The van der Waals surface area contributed by atoms with Gasteiger partial charge in [-0.1, -0.05) is 30.7 Å². The van der Waals surface area contributed by atoms with E-state index < -0.39 is 0 Å². The number of halogens is 1. The van der Waals surface area contributed by atoms with Gasteiger partial charge in [-0.25, -0.2) is 4.98 Å². The lowest BCUT2D eigenvalue weighted by Gasteiger charge is -2.11. The first-order valence-corrected chi connectivity index (χ1v) is 6.93. The summed E-state index contributed by atoms with van der Waals surface area (Å²) in [5.74, 6) is -0.169. The van der Waals surface area contributed by atoms with Crippen LogP contribution in [-0.4, -0.2) is 10.9 Å². The lowest BCUT2D eigenvalue weighted by atomic mass is 10.1. The van der Waals surface area contributed by atoms with E-state index >= 15 is 0 Å². The van der Waals surface area contributed by atoms with Crippen molar-refractivity contribution in [1.29, 1.82) is 0 Å². The summed E-state index contributed by atoms with van der Waals surface area (Å²) in [6, 6.07) is 9.19. The summed E-state index contributed by atoms with van der Waals surface area (Å²) in [5.41, 5.74) is 4.37. The predicted octanol–water partition coefficient (Wildman–Crippen LogP) is 4.17. The molecule has 0 aliphatic heterocycles. The molecule has 2 aromatic rings. The molecule has 4 heteroatoms. The summed E-state index contributed by atoms with van der Waals surface area (Å²) in [5, 5.41) is 3.26. The van der Waals surface area contributed by atoms with Crippen LogP contribution in [0.25, 0.3) is 0 Å². The molecule has 0 atom stereocenters. The molecule has 0 aliphatic rings. The van der Waals surface area contributed by atoms with Gasteiger partial charge in [0.2, 0.25) is 0 Å². The Kier molecular flexibility index (Phi) is 4.40. The van der Waals surface area contributed by atoms with Crippen molar-refractivity contribution < 1.29 is 4.79 Å². The predicted molar refractivity (Wildman–Crippen MR) is 82.5 cm³/mol. The summed E-state index contributed by atoms with van der Waals surface area (Å²) >= 11 is 5.94. The fourth-order valence-corrected chi connectivity index (χ4v) is 2.17. The summed E-state index contributed by atoms with van der Waals surface area (Å²) in [6.07, 6.45) is 0.740. The Morgan fingerprint density at radius 2 is 2.05 bits per heavy atom. The van der Waals surface area contributed by atoms with Gasteiger partial charge >= 0.3 is 0 Å². The number of nitrogens with one attached hydrogen (secondary N) is 1. The van der Waals surface area contributed by atoms with E-state index in [-0.39, 0.29) is 5.91 Å².